The largest absolute Gasteiger partial charge is 0.301 e. The van der Waals surface area contributed by atoms with E-state index in [4.69, 9.17) is 9.97 Å². The van der Waals surface area contributed by atoms with E-state index in [0.717, 1.165) is 46.1 Å². The standard InChI is InChI=1S/C29H25N4S2/c1(6-16-32-18-12-22(13-19-32)28-30-24-8-2-4-10-26(24)34-28)7-17-33-20-14-23(15-21-33)29-31-25-9-3-5-11-27(25)35-29/h2-5,8-14,18-21H,1,6-7,16-17H2/q+1. The molecule has 0 N–H and O–H groups in total. The summed E-state index contributed by atoms with van der Waals surface area (Å²) in [5, 5.41) is 2.12. The van der Waals surface area contributed by atoms with Gasteiger partial charge in [0.05, 0.1) is 15.7 Å². The monoisotopic (exact) mass is 493 g/mol. The Balaban J connectivity index is 0.979. The van der Waals surface area contributed by atoms with Crippen molar-refractivity contribution in [2.45, 2.75) is 32.4 Å². The molecule has 35 heavy (non-hydrogen) atoms. The normalized spacial score (nSPS) is 11.4. The maximum Gasteiger partial charge on any atom is 0.169 e. The average Bonchev–Trinajstić information content (AvgIpc) is 3.54. The highest BCUT2D eigenvalue weighted by Gasteiger charge is 2.08. The fourth-order valence-electron chi connectivity index (χ4n) is 4.18. The third-order valence-corrected chi connectivity index (χ3v) is 8.26. The molecule has 2 aromatic carbocycles. The van der Waals surface area contributed by atoms with Gasteiger partial charge in [-0.3, -0.25) is 0 Å². The zero-order valence-electron chi connectivity index (χ0n) is 19.3. The van der Waals surface area contributed by atoms with Gasteiger partial charge in [0.25, 0.3) is 0 Å². The van der Waals surface area contributed by atoms with Crippen LogP contribution in [0.1, 0.15) is 19.3 Å². The summed E-state index contributed by atoms with van der Waals surface area (Å²) in [5.74, 6) is 0. The van der Waals surface area contributed by atoms with Crippen molar-refractivity contribution < 1.29 is 9.13 Å². The van der Waals surface area contributed by atoms with E-state index in [1.165, 1.54) is 27.8 Å². The van der Waals surface area contributed by atoms with Gasteiger partial charge in [-0.15, -0.1) is 23.0 Å². The molecule has 6 heteroatoms. The maximum absolute atomic E-state index is 4.76. The number of aryl methyl sites for hydroxylation is 2. The van der Waals surface area contributed by atoms with Gasteiger partial charge in [-0.1, -0.05) is 30.3 Å². The number of unbranched alkanes of at least 4 members (excludes halogenated alkanes) is 2. The fourth-order valence-corrected chi connectivity index (χ4v) is 6.11. The van der Waals surface area contributed by atoms with Crippen molar-refractivity contribution >= 4 is 43.1 Å². The van der Waals surface area contributed by atoms with Crippen LogP contribution in [-0.2, 0) is 13.1 Å². The van der Waals surface area contributed by atoms with Crippen LogP contribution in [0.25, 0.3) is 41.6 Å². The van der Waals surface area contributed by atoms with Crippen LogP contribution in [0.3, 0.4) is 0 Å². The summed E-state index contributed by atoms with van der Waals surface area (Å²) in [6.07, 6.45) is 12.1. The smallest absolute Gasteiger partial charge is 0.169 e. The van der Waals surface area contributed by atoms with Crippen molar-refractivity contribution in [2.24, 2.45) is 0 Å². The van der Waals surface area contributed by atoms with Crippen molar-refractivity contribution in [3.8, 4) is 21.1 Å². The molecule has 0 bridgehead atoms. The molecule has 4 nitrogen and oxygen atoms in total. The molecule has 0 aliphatic rings. The second kappa shape index (κ2) is 10.0. The number of aromatic nitrogens is 4. The minimum atomic E-state index is 1.01. The number of hydrogen-bond acceptors (Lipinski definition) is 4. The molecule has 0 saturated heterocycles. The highest BCUT2D eigenvalue weighted by atomic mass is 32.1. The van der Waals surface area contributed by atoms with Crippen molar-refractivity contribution in [1.82, 2.24) is 9.97 Å². The highest BCUT2D eigenvalue weighted by Crippen LogP contribution is 2.30. The number of fused-ring (bicyclic) bond motifs is 2. The van der Waals surface area contributed by atoms with E-state index in [-0.39, 0.29) is 0 Å². The number of nitrogens with zero attached hydrogens (tertiary/aromatic N) is 4. The summed E-state index contributed by atoms with van der Waals surface area (Å²) < 4.78 is 6.94. The Morgan fingerprint density at radius 3 is 1.89 bits per heavy atom. The molecule has 6 aromatic rings. The Kier molecular flexibility index (Phi) is 6.30. The Morgan fingerprint density at radius 1 is 0.629 bits per heavy atom. The lowest BCUT2D eigenvalue weighted by Crippen LogP contribution is -2.34. The summed E-state index contributed by atoms with van der Waals surface area (Å²) in [6.45, 7) is 2.05. The molecular formula is C29H25N4S2+. The highest BCUT2D eigenvalue weighted by molar-refractivity contribution is 7.22. The molecule has 0 spiro atoms. The van der Waals surface area contributed by atoms with Crippen molar-refractivity contribution in [1.29, 1.82) is 0 Å². The van der Waals surface area contributed by atoms with E-state index in [0.29, 0.717) is 0 Å². The van der Waals surface area contributed by atoms with E-state index < -0.39 is 0 Å². The third kappa shape index (κ3) is 4.99. The van der Waals surface area contributed by atoms with E-state index in [1.807, 2.05) is 12.1 Å². The molecule has 4 heterocycles. The second-order valence-corrected chi connectivity index (χ2v) is 10.7. The predicted octanol–water partition coefficient (Wildman–Crippen LogP) is 6.49. The first-order chi connectivity index (χ1) is 17.3. The molecule has 6 rings (SSSR count). The first-order valence-corrected chi connectivity index (χ1v) is 13.6. The lowest BCUT2D eigenvalue weighted by molar-refractivity contribution is -0.701. The lowest BCUT2D eigenvalue weighted by Gasteiger charge is -2.05. The van der Waals surface area contributed by atoms with Gasteiger partial charge in [0, 0.05) is 40.2 Å². The van der Waals surface area contributed by atoms with Crippen LogP contribution >= 0.6 is 22.7 Å². The summed E-state index contributed by atoms with van der Waals surface area (Å²) in [5.41, 5.74) is 4.38. The summed E-state index contributed by atoms with van der Waals surface area (Å²) >= 11 is 3.47. The van der Waals surface area contributed by atoms with E-state index in [9.17, 15) is 0 Å². The van der Waals surface area contributed by atoms with Crippen LogP contribution in [0.4, 0.5) is 0 Å². The van der Waals surface area contributed by atoms with Gasteiger partial charge in [-0.05, 0) is 30.7 Å². The molecule has 0 aliphatic carbocycles. The van der Waals surface area contributed by atoms with Crippen LogP contribution in [-0.4, -0.2) is 9.97 Å². The lowest BCUT2D eigenvalue weighted by atomic mass is 10.2. The van der Waals surface area contributed by atoms with Crippen molar-refractivity contribution in [2.75, 3.05) is 0 Å². The number of thiazole rings is 2. The van der Waals surface area contributed by atoms with Crippen LogP contribution < -0.4 is 9.13 Å². The van der Waals surface area contributed by atoms with Gasteiger partial charge in [-0.2, -0.15) is 11.3 Å². The van der Waals surface area contributed by atoms with Gasteiger partial charge in [0.15, 0.2) is 12.4 Å². The number of pyridine rings is 2. The van der Waals surface area contributed by atoms with E-state index >= 15 is 0 Å². The summed E-state index contributed by atoms with van der Waals surface area (Å²) in [6, 6.07) is 26.5. The van der Waals surface area contributed by atoms with Gasteiger partial charge in [0.2, 0.25) is 0 Å². The molecular weight excluding hydrogens is 468 g/mol. The zero-order chi connectivity index (χ0) is 23.5. The predicted molar refractivity (Wildman–Crippen MR) is 143 cm³/mol. The average molecular weight is 494 g/mol. The summed E-state index contributed by atoms with van der Waals surface area (Å²) in [4.78, 5) is 9.49. The van der Waals surface area contributed by atoms with Crippen LogP contribution in [0.5, 0.6) is 0 Å². The number of hydrogen-bond donors (Lipinski definition) is 0. The quantitative estimate of drug-likeness (QED) is 0.138. The van der Waals surface area contributed by atoms with Crippen molar-refractivity contribution in [3.05, 3.63) is 97.6 Å². The Morgan fingerprint density at radius 2 is 1.23 bits per heavy atom. The molecule has 0 atom stereocenters. The SMILES string of the molecule is [c-]1c[n+](CCCCC[n+]2ccc(-c3nc4ccccc4s3)cc2)ccc1-c1nc2ccccc2s1. The summed E-state index contributed by atoms with van der Waals surface area (Å²) in [7, 11) is 0. The Bertz CT molecular complexity index is 1380. The van der Waals surface area contributed by atoms with Gasteiger partial charge in [0.1, 0.15) is 30.5 Å². The molecule has 0 unspecified atom stereocenters. The Labute approximate surface area is 212 Å². The Hall–Kier alpha value is -3.48. The zero-order valence-corrected chi connectivity index (χ0v) is 20.9. The molecule has 4 aromatic heterocycles. The van der Waals surface area contributed by atoms with Crippen LogP contribution in [0, 0.1) is 6.07 Å². The third-order valence-electron chi connectivity index (χ3n) is 6.11. The van der Waals surface area contributed by atoms with Gasteiger partial charge >= 0.3 is 0 Å². The molecule has 0 saturated carbocycles. The topological polar surface area (TPSA) is 33.5 Å². The number of benzene rings is 2. The molecule has 0 amide bonds. The minimum absolute atomic E-state index is 1.01. The molecule has 0 radical (unpaired) electrons. The fraction of sp³-hybridized carbons (Fsp3) is 0.172. The van der Waals surface area contributed by atoms with Crippen molar-refractivity contribution in [3.63, 3.8) is 0 Å². The van der Waals surface area contributed by atoms with E-state index in [2.05, 4.69) is 94.6 Å². The van der Waals surface area contributed by atoms with E-state index in [1.54, 1.807) is 22.7 Å². The van der Waals surface area contributed by atoms with Gasteiger partial charge < -0.3 is 4.98 Å². The molecule has 0 fully saturated rings. The first-order valence-electron chi connectivity index (χ1n) is 11.9. The maximum atomic E-state index is 4.76. The number of para-hydroxylation sites is 2. The number of rotatable bonds is 8. The first kappa shape index (κ1) is 22.0. The van der Waals surface area contributed by atoms with Crippen LogP contribution in [0.15, 0.2) is 91.5 Å². The minimum Gasteiger partial charge on any atom is -0.301 e. The van der Waals surface area contributed by atoms with Crippen LogP contribution in [0.2, 0.25) is 0 Å². The second-order valence-electron chi connectivity index (χ2n) is 8.60. The molecule has 172 valence electrons. The van der Waals surface area contributed by atoms with Gasteiger partial charge in [-0.25, -0.2) is 14.1 Å². The molecule has 0 aliphatic heterocycles.